The standard InChI is InChI=1S/C15H13F3O2/c1-19-13-5-3-4-10(7-13)11-6-12(15(16,17)18)9-14(8-11)20-2/h3-9H,1-2H3. The number of ether oxygens (including phenoxy) is 2. The molecule has 5 heteroatoms. The third-order valence-electron chi connectivity index (χ3n) is 2.87. The van der Waals surface area contributed by atoms with Crippen LogP contribution in [0, 0.1) is 0 Å². The Morgan fingerprint density at radius 1 is 0.800 bits per heavy atom. The highest BCUT2D eigenvalue weighted by molar-refractivity contribution is 5.67. The first-order valence-corrected chi connectivity index (χ1v) is 5.85. The minimum atomic E-state index is -4.41. The summed E-state index contributed by atoms with van der Waals surface area (Å²) in [6, 6.07) is 10.5. The second-order valence-corrected chi connectivity index (χ2v) is 4.18. The van der Waals surface area contributed by atoms with E-state index in [4.69, 9.17) is 9.47 Å². The summed E-state index contributed by atoms with van der Waals surface area (Å²) in [5.74, 6) is 0.747. The molecule has 0 aliphatic rings. The maximum absolute atomic E-state index is 12.9. The first-order chi connectivity index (χ1) is 9.44. The van der Waals surface area contributed by atoms with Crippen LogP contribution in [0.5, 0.6) is 11.5 Å². The molecular weight excluding hydrogens is 269 g/mol. The van der Waals surface area contributed by atoms with Gasteiger partial charge in [0.15, 0.2) is 0 Å². The van der Waals surface area contributed by atoms with E-state index in [2.05, 4.69) is 0 Å². The zero-order chi connectivity index (χ0) is 14.8. The van der Waals surface area contributed by atoms with Crippen LogP contribution < -0.4 is 9.47 Å². The third kappa shape index (κ3) is 3.04. The van der Waals surface area contributed by atoms with Crippen LogP contribution in [0.3, 0.4) is 0 Å². The molecule has 2 aromatic carbocycles. The van der Waals surface area contributed by atoms with Gasteiger partial charge in [-0.2, -0.15) is 13.2 Å². The van der Waals surface area contributed by atoms with Crippen LogP contribution in [-0.4, -0.2) is 14.2 Å². The Bertz CT molecular complexity index is 606. The van der Waals surface area contributed by atoms with Crippen molar-refractivity contribution in [2.75, 3.05) is 14.2 Å². The van der Waals surface area contributed by atoms with Gasteiger partial charge in [0.05, 0.1) is 19.8 Å². The van der Waals surface area contributed by atoms with Gasteiger partial charge in [-0.3, -0.25) is 0 Å². The van der Waals surface area contributed by atoms with Crippen molar-refractivity contribution in [2.24, 2.45) is 0 Å². The molecule has 0 aliphatic carbocycles. The lowest BCUT2D eigenvalue weighted by molar-refractivity contribution is -0.137. The fourth-order valence-corrected chi connectivity index (χ4v) is 1.85. The van der Waals surface area contributed by atoms with Crippen molar-refractivity contribution in [2.45, 2.75) is 6.18 Å². The highest BCUT2D eigenvalue weighted by Crippen LogP contribution is 2.36. The maximum atomic E-state index is 12.9. The maximum Gasteiger partial charge on any atom is 0.416 e. The number of hydrogen-bond donors (Lipinski definition) is 0. The Labute approximate surface area is 114 Å². The second kappa shape index (κ2) is 5.45. The molecule has 0 fully saturated rings. The molecule has 0 amide bonds. The van der Waals surface area contributed by atoms with Gasteiger partial charge in [0.2, 0.25) is 0 Å². The van der Waals surface area contributed by atoms with Gasteiger partial charge in [-0.05, 0) is 41.5 Å². The van der Waals surface area contributed by atoms with Crippen LogP contribution in [-0.2, 0) is 6.18 Å². The Morgan fingerprint density at radius 3 is 2.05 bits per heavy atom. The molecule has 106 valence electrons. The molecule has 0 bridgehead atoms. The molecule has 2 nitrogen and oxygen atoms in total. The Morgan fingerprint density at radius 2 is 1.45 bits per heavy atom. The smallest absolute Gasteiger partial charge is 0.416 e. The molecule has 0 aromatic heterocycles. The summed E-state index contributed by atoms with van der Waals surface area (Å²) in [4.78, 5) is 0. The minimum absolute atomic E-state index is 0.164. The first-order valence-electron chi connectivity index (χ1n) is 5.85. The highest BCUT2D eigenvalue weighted by Gasteiger charge is 2.31. The summed E-state index contributed by atoms with van der Waals surface area (Å²) in [6.45, 7) is 0. The van der Waals surface area contributed by atoms with Crippen LogP contribution in [0.2, 0.25) is 0 Å². The predicted molar refractivity (Wildman–Crippen MR) is 70.0 cm³/mol. The molecule has 0 radical (unpaired) electrons. The van der Waals surface area contributed by atoms with E-state index in [1.807, 2.05) is 0 Å². The second-order valence-electron chi connectivity index (χ2n) is 4.18. The number of hydrogen-bond acceptors (Lipinski definition) is 2. The minimum Gasteiger partial charge on any atom is -0.497 e. The van der Waals surface area contributed by atoms with Crippen molar-refractivity contribution < 1.29 is 22.6 Å². The monoisotopic (exact) mass is 282 g/mol. The molecule has 0 N–H and O–H groups in total. The summed E-state index contributed by atoms with van der Waals surface area (Å²) < 4.78 is 48.6. The van der Waals surface area contributed by atoms with Gasteiger partial charge in [0.1, 0.15) is 11.5 Å². The lowest BCUT2D eigenvalue weighted by Gasteiger charge is -2.12. The van der Waals surface area contributed by atoms with E-state index in [-0.39, 0.29) is 5.75 Å². The summed E-state index contributed by atoms with van der Waals surface area (Å²) in [6.07, 6.45) is -4.41. The summed E-state index contributed by atoms with van der Waals surface area (Å²) in [5, 5.41) is 0. The topological polar surface area (TPSA) is 18.5 Å². The lowest BCUT2D eigenvalue weighted by Crippen LogP contribution is -2.05. The number of methoxy groups -OCH3 is 2. The van der Waals surface area contributed by atoms with Gasteiger partial charge >= 0.3 is 6.18 Å². The SMILES string of the molecule is COc1cccc(-c2cc(OC)cc(C(F)(F)F)c2)c1. The van der Waals surface area contributed by atoms with Crippen LogP contribution in [0.25, 0.3) is 11.1 Å². The normalized spacial score (nSPS) is 11.2. The van der Waals surface area contributed by atoms with Gasteiger partial charge < -0.3 is 9.47 Å². The van der Waals surface area contributed by atoms with E-state index in [1.165, 1.54) is 14.2 Å². The van der Waals surface area contributed by atoms with Gasteiger partial charge in [-0.25, -0.2) is 0 Å². The molecule has 20 heavy (non-hydrogen) atoms. The fourth-order valence-electron chi connectivity index (χ4n) is 1.85. The van der Waals surface area contributed by atoms with Crippen molar-refractivity contribution in [1.29, 1.82) is 0 Å². The van der Waals surface area contributed by atoms with E-state index in [9.17, 15) is 13.2 Å². The van der Waals surface area contributed by atoms with E-state index in [1.54, 1.807) is 30.3 Å². The third-order valence-corrected chi connectivity index (χ3v) is 2.87. The van der Waals surface area contributed by atoms with Gasteiger partial charge in [0, 0.05) is 0 Å². The molecule has 0 spiro atoms. The quantitative estimate of drug-likeness (QED) is 0.831. The molecule has 0 atom stereocenters. The molecule has 0 heterocycles. The first kappa shape index (κ1) is 14.2. The molecule has 2 aromatic rings. The number of alkyl halides is 3. The predicted octanol–water partition coefficient (Wildman–Crippen LogP) is 4.39. The van der Waals surface area contributed by atoms with Gasteiger partial charge in [-0.1, -0.05) is 12.1 Å². The van der Waals surface area contributed by atoms with Crippen LogP contribution in [0.1, 0.15) is 5.56 Å². The molecule has 2 rings (SSSR count). The Kier molecular flexibility index (Phi) is 3.88. The van der Waals surface area contributed by atoms with Crippen LogP contribution in [0.15, 0.2) is 42.5 Å². The Balaban J connectivity index is 2.55. The zero-order valence-electron chi connectivity index (χ0n) is 11.0. The van der Waals surface area contributed by atoms with Crippen molar-refractivity contribution in [3.05, 3.63) is 48.0 Å². The van der Waals surface area contributed by atoms with Gasteiger partial charge in [0.25, 0.3) is 0 Å². The average Bonchev–Trinajstić information content (AvgIpc) is 2.46. The van der Waals surface area contributed by atoms with Crippen LogP contribution >= 0.6 is 0 Å². The largest absolute Gasteiger partial charge is 0.497 e. The molecule has 0 saturated carbocycles. The Hall–Kier alpha value is -2.17. The molecule has 0 saturated heterocycles. The van der Waals surface area contributed by atoms with Crippen molar-refractivity contribution >= 4 is 0 Å². The van der Waals surface area contributed by atoms with E-state index in [0.29, 0.717) is 16.9 Å². The molecular formula is C15H13F3O2. The van der Waals surface area contributed by atoms with Crippen molar-refractivity contribution in [1.82, 2.24) is 0 Å². The van der Waals surface area contributed by atoms with E-state index >= 15 is 0 Å². The molecule has 0 aliphatic heterocycles. The van der Waals surface area contributed by atoms with E-state index < -0.39 is 11.7 Å². The number of benzene rings is 2. The van der Waals surface area contributed by atoms with E-state index in [0.717, 1.165) is 12.1 Å². The van der Waals surface area contributed by atoms with Crippen LogP contribution in [0.4, 0.5) is 13.2 Å². The van der Waals surface area contributed by atoms with Crippen molar-refractivity contribution in [3.8, 4) is 22.6 Å². The summed E-state index contributed by atoms with van der Waals surface area (Å²) in [7, 11) is 2.84. The van der Waals surface area contributed by atoms with Crippen molar-refractivity contribution in [3.63, 3.8) is 0 Å². The lowest BCUT2D eigenvalue weighted by atomic mass is 10.0. The average molecular weight is 282 g/mol. The van der Waals surface area contributed by atoms with Gasteiger partial charge in [-0.15, -0.1) is 0 Å². The molecule has 0 unspecified atom stereocenters. The number of rotatable bonds is 3. The fraction of sp³-hybridized carbons (Fsp3) is 0.200. The number of halogens is 3. The summed E-state index contributed by atoms with van der Waals surface area (Å²) in [5.41, 5.74) is 0.319. The zero-order valence-corrected chi connectivity index (χ0v) is 11.0. The summed E-state index contributed by atoms with van der Waals surface area (Å²) >= 11 is 0. The highest BCUT2D eigenvalue weighted by atomic mass is 19.4.